The lowest BCUT2D eigenvalue weighted by molar-refractivity contribution is -0.181. The number of rotatable bonds is 6. The van der Waals surface area contributed by atoms with Crippen molar-refractivity contribution in [1.82, 2.24) is 0 Å². The molecule has 2 atom stereocenters. The zero-order valence-corrected chi connectivity index (χ0v) is 24.9. The van der Waals surface area contributed by atoms with Crippen molar-refractivity contribution in [2.24, 2.45) is 35.5 Å². The van der Waals surface area contributed by atoms with Crippen LogP contribution in [-0.4, -0.2) is 24.4 Å². The summed E-state index contributed by atoms with van der Waals surface area (Å²) in [6.45, 7) is 33.0. The Kier molecular flexibility index (Phi) is 18.5. The minimum atomic E-state index is 0.0503. The van der Waals surface area contributed by atoms with Gasteiger partial charge in [-0.25, -0.2) is 0 Å². The summed E-state index contributed by atoms with van der Waals surface area (Å²) < 4.78 is 11.5. The molecule has 0 radical (unpaired) electrons. The van der Waals surface area contributed by atoms with Gasteiger partial charge in [-0.1, -0.05) is 82.1 Å². The average molecular weight is 457 g/mol. The number of ether oxygens (including phenoxy) is 2. The van der Waals surface area contributed by atoms with E-state index in [9.17, 15) is 0 Å². The normalized spacial score (nSPS) is 22.5. The van der Waals surface area contributed by atoms with Crippen molar-refractivity contribution in [1.29, 1.82) is 0 Å². The third-order valence-electron chi connectivity index (χ3n) is 7.19. The van der Waals surface area contributed by atoms with Crippen molar-refractivity contribution < 1.29 is 9.47 Å². The Morgan fingerprint density at radius 3 is 1.31 bits per heavy atom. The summed E-state index contributed by atoms with van der Waals surface area (Å²) >= 11 is 0. The van der Waals surface area contributed by atoms with Gasteiger partial charge in [-0.05, 0) is 88.9 Å². The molecule has 0 amide bonds. The third kappa shape index (κ3) is 13.0. The summed E-state index contributed by atoms with van der Waals surface area (Å²) in [5.74, 6) is 5.17. The van der Waals surface area contributed by atoms with Crippen LogP contribution in [0.4, 0.5) is 0 Å². The van der Waals surface area contributed by atoms with E-state index in [-0.39, 0.29) is 11.2 Å². The zero-order chi connectivity index (χ0) is 25.5. The molecule has 0 aromatic rings. The highest BCUT2D eigenvalue weighted by molar-refractivity contribution is 4.91. The first-order valence-electron chi connectivity index (χ1n) is 14.2. The molecule has 0 bridgehead atoms. The van der Waals surface area contributed by atoms with Crippen LogP contribution in [0.15, 0.2) is 0 Å². The largest absolute Gasteiger partial charge is 0.381 e. The molecule has 0 aromatic carbocycles. The summed E-state index contributed by atoms with van der Waals surface area (Å²) in [6.07, 6.45) is 7.64. The molecule has 2 fully saturated rings. The molecule has 2 rings (SSSR count). The van der Waals surface area contributed by atoms with Gasteiger partial charge in [0.15, 0.2) is 0 Å². The smallest absolute Gasteiger partial charge is 0.0636 e. The van der Waals surface area contributed by atoms with Crippen LogP contribution in [0.2, 0.25) is 0 Å². The molecule has 0 saturated carbocycles. The monoisotopic (exact) mass is 456 g/mol. The van der Waals surface area contributed by atoms with Crippen molar-refractivity contribution in [3.63, 3.8) is 0 Å². The molecule has 196 valence electrons. The standard InChI is InChI=1S/C15H30O.C11H22O.2C2H6/c1-8-13(11(2)3)12-9-14(4,5)16-15(6,7)10-12;1-4-11(9(2)3)10-5-7-12-8-6-10;2*1-2/h11-13H,8-10H2,1-7H3;9-11H,4-8H2,1-3H3;2*1-2H3. The third-order valence-corrected chi connectivity index (χ3v) is 7.19. The van der Waals surface area contributed by atoms with Crippen LogP contribution in [0.25, 0.3) is 0 Å². The molecular weight excluding hydrogens is 392 g/mol. The Hall–Kier alpha value is -0.0800. The van der Waals surface area contributed by atoms with E-state index in [1.54, 1.807) is 0 Å². The van der Waals surface area contributed by atoms with Crippen molar-refractivity contribution in [2.45, 2.75) is 147 Å². The molecule has 2 nitrogen and oxygen atoms in total. The van der Waals surface area contributed by atoms with Gasteiger partial charge >= 0.3 is 0 Å². The fraction of sp³-hybridized carbons (Fsp3) is 1.00. The first-order chi connectivity index (χ1) is 14.9. The topological polar surface area (TPSA) is 18.5 Å². The first-order valence-corrected chi connectivity index (χ1v) is 14.2. The number of hydrogen-bond donors (Lipinski definition) is 0. The van der Waals surface area contributed by atoms with Gasteiger partial charge in [-0.3, -0.25) is 0 Å². The van der Waals surface area contributed by atoms with Gasteiger partial charge in [0.1, 0.15) is 0 Å². The summed E-state index contributed by atoms with van der Waals surface area (Å²) in [4.78, 5) is 0. The van der Waals surface area contributed by atoms with Gasteiger partial charge in [0, 0.05) is 13.2 Å². The zero-order valence-electron chi connectivity index (χ0n) is 24.9. The quantitative estimate of drug-likeness (QED) is 0.396. The van der Waals surface area contributed by atoms with Gasteiger partial charge < -0.3 is 9.47 Å². The molecule has 2 heterocycles. The van der Waals surface area contributed by atoms with Gasteiger partial charge in [-0.2, -0.15) is 0 Å². The molecule has 2 unspecified atom stereocenters. The molecular formula is C30H64O2. The van der Waals surface area contributed by atoms with Gasteiger partial charge in [0.25, 0.3) is 0 Å². The van der Waals surface area contributed by atoms with Crippen LogP contribution in [0, 0.1) is 35.5 Å². The van der Waals surface area contributed by atoms with Crippen molar-refractivity contribution >= 4 is 0 Å². The second kappa shape index (κ2) is 17.4. The van der Waals surface area contributed by atoms with Crippen LogP contribution < -0.4 is 0 Å². The molecule has 0 aliphatic carbocycles. The lowest BCUT2D eigenvalue weighted by Gasteiger charge is -2.48. The number of hydrogen-bond acceptors (Lipinski definition) is 2. The molecule has 2 heteroatoms. The average Bonchev–Trinajstić information content (AvgIpc) is 2.70. The van der Waals surface area contributed by atoms with Crippen molar-refractivity contribution in [3.8, 4) is 0 Å². The highest BCUT2D eigenvalue weighted by atomic mass is 16.5. The lowest BCUT2D eigenvalue weighted by Crippen LogP contribution is -2.47. The molecule has 0 aromatic heterocycles. The van der Waals surface area contributed by atoms with Crippen LogP contribution >= 0.6 is 0 Å². The highest BCUT2D eigenvalue weighted by Crippen LogP contribution is 2.44. The van der Waals surface area contributed by atoms with Crippen LogP contribution in [0.5, 0.6) is 0 Å². The van der Waals surface area contributed by atoms with E-state index >= 15 is 0 Å². The Balaban J connectivity index is 0. The predicted molar refractivity (Wildman–Crippen MR) is 145 cm³/mol. The molecule has 32 heavy (non-hydrogen) atoms. The highest BCUT2D eigenvalue weighted by Gasteiger charge is 2.42. The second-order valence-electron chi connectivity index (χ2n) is 11.4. The van der Waals surface area contributed by atoms with Crippen molar-refractivity contribution in [2.75, 3.05) is 13.2 Å². The van der Waals surface area contributed by atoms with Gasteiger partial charge in [0.2, 0.25) is 0 Å². The molecule has 0 spiro atoms. The van der Waals surface area contributed by atoms with Gasteiger partial charge in [-0.15, -0.1) is 0 Å². The Bertz CT molecular complexity index is 403. The summed E-state index contributed by atoms with van der Waals surface area (Å²) in [6, 6.07) is 0. The summed E-state index contributed by atoms with van der Waals surface area (Å²) in [5, 5.41) is 0. The minimum absolute atomic E-state index is 0.0503. The van der Waals surface area contributed by atoms with E-state index in [1.165, 1.54) is 38.5 Å². The van der Waals surface area contributed by atoms with E-state index in [0.717, 1.165) is 48.7 Å². The Morgan fingerprint density at radius 1 is 0.656 bits per heavy atom. The van der Waals surface area contributed by atoms with E-state index in [2.05, 4.69) is 69.2 Å². The van der Waals surface area contributed by atoms with Crippen LogP contribution in [0.1, 0.15) is 135 Å². The summed E-state index contributed by atoms with van der Waals surface area (Å²) in [5.41, 5.74) is 0.101. The SMILES string of the molecule is CC.CC.CCC(C(C)C)C1CC(C)(C)OC(C)(C)C1.CCC(C(C)C)C1CCOCC1. The molecule has 0 N–H and O–H groups in total. The lowest BCUT2D eigenvalue weighted by atomic mass is 9.70. The molecule has 2 aliphatic rings. The van der Waals surface area contributed by atoms with E-state index in [4.69, 9.17) is 9.47 Å². The van der Waals surface area contributed by atoms with Crippen LogP contribution in [0.3, 0.4) is 0 Å². The fourth-order valence-electron chi connectivity index (χ4n) is 6.31. The maximum Gasteiger partial charge on any atom is 0.0636 e. The maximum atomic E-state index is 6.17. The Morgan fingerprint density at radius 2 is 1.00 bits per heavy atom. The fourth-order valence-corrected chi connectivity index (χ4v) is 6.31. The Labute approximate surface area is 205 Å². The molecule has 2 saturated heterocycles. The predicted octanol–water partition coefficient (Wildman–Crippen LogP) is 9.80. The van der Waals surface area contributed by atoms with E-state index in [1.807, 2.05) is 27.7 Å². The maximum absolute atomic E-state index is 6.17. The van der Waals surface area contributed by atoms with Crippen LogP contribution in [-0.2, 0) is 9.47 Å². The minimum Gasteiger partial charge on any atom is -0.381 e. The van der Waals surface area contributed by atoms with Gasteiger partial charge in [0.05, 0.1) is 11.2 Å². The first kappa shape index (κ1) is 34.1. The van der Waals surface area contributed by atoms with E-state index in [0.29, 0.717) is 0 Å². The van der Waals surface area contributed by atoms with E-state index < -0.39 is 0 Å². The van der Waals surface area contributed by atoms with Crippen molar-refractivity contribution in [3.05, 3.63) is 0 Å². The second-order valence-corrected chi connectivity index (χ2v) is 11.4. The summed E-state index contributed by atoms with van der Waals surface area (Å²) in [7, 11) is 0. The molecule has 2 aliphatic heterocycles.